The Bertz CT molecular complexity index is 844. The van der Waals surface area contributed by atoms with Crippen LogP contribution in [0.25, 0.3) is 0 Å². The molecule has 26 heavy (non-hydrogen) atoms. The highest BCUT2D eigenvalue weighted by Gasteiger charge is 2.48. The number of aliphatic hydroxyl groups is 1. The third-order valence-electron chi connectivity index (χ3n) is 4.54. The van der Waals surface area contributed by atoms with Gasteiger partial charge in [-0.1, -0.05) is 36.4 Å². The first-order chi connectivity index (χ1) is 12.1. The van der Waals surface area contributed by atoms with Crippen LogP contribution in [0.1, 0.15) is 33.3 Å². The van der Waals surface area contributed by atoms with Gasteiger partial charge in [-0.05, 0) is 45.4 Å². The number of aliphatic hydroxyl groups excluding tert-OH is 1. The number of fused-ring (bicyclic) bond motifs is 1. The van der Waals surface area contributed by atoms with Crippen molar-refractivity contribution < 1.29 is 14.6 Å². The molecule has 0 saturated heterocycles. The Kier molecular flexibility index (Phi) is 4.26. The Balaban J connectivity index is 2.04. The average Bonchev–Trinajstić information content (AvgIpc) is 2.75. The van der Waals surface area contributed by atoms with E-state index >= 15 is 0 Å². The van der Waals surface area contributed by atoms with E-state index < -0.39 is 17.1 Å². The van der Waals surface area contributed by atoms with Gasteiger partial charge in [0, 0.05) is 12.1 Å². The summed E-state index contributed by atoms with van der Waals surface area (Å²) in [5, 5.41) is 18.6. The SMILES string of the molecule is CC(C)(C)OC(=O)C1=C2C=C(O)C=CC2(C)N(Cc2ccccc2)C1=N. The van der Waals surface area contributed by atoms with Crippen LogP contribution in [0.3, 0.4) is 0 Å². The van der Waals surface area contributed by atoms with Crippen LogP contribution in [-0.4, -0.2) is 33.0 Å². The van der Waals surface area contributed by atoms with Crippen LogP contribution >= 0.6 is 0 Å². The second-order valence-electron chi connectivity index (χ2n) is 7.76. The number of amidine groups is 1. The Hall–Kier alpha value is -2.82. The van der Waals surface area contributed by atoms with Crippen molar-refractivity contribution in [3.05, 3.63) is 71.0 Å². The average molecular weight is 352 g/mol. The number of benzene rings is 1. The quantitative estimate of drug-likeness (QED) is 0.810. The number of carbonyl (C=O) groups excluding carboxylic acids is 1. The van der Waals surface area contributed by atoms with Gasteiger partial charge in [-0.3, -0.25) is 5.41 Å². The topological polar surface area (TPSA) is 73.6 Å². The number of nitrogens with zero attached hydrogens (tertiary/aromatic N) is 1. The third-order valence-corrected chi connectivity index (χ3v) is 4.54. The zero-order valence-electron chi connectivity index (χ0n) is 15.5. The van der Waals surface area contributed by atoms with Crippen molar-refractivity contribution in [2.24, 2.45) is 0 Å². The molecule has 1 aliphatic heterocycles. The number of ether oxygens (including phenoxy) is 1. The standard InChI is InChI=1S/C21H24N2O3/c1-20(2,3)26-19(25)17-16-12-15(24)10-11-21(16,4)23(18(17)22)13-14-8-6-5-7-9-14/h5-12,22,24H,13H2,1-4H3. The first kappa shape index (κ1) is 18.0. The molecule has 1 aromatic rings. The molecule has 0 amide bonds. The third kappa shape index (κ3) is 3.17. The summed E-state index contributed by atoms with van der Waals surface area (Å²) < 4.78 is 5.52. The summed E-state index contributed by atoms with van der Waals surface area (Å²) in [7, 11) is 0. The maximum Gasteiger partial charge on any atom is 0.342 e. The van der Waals surface area contributed by atoms with E-state index in [0.717, 1.165) is 5.56 Å². The van der Waals surface area contributed by atoms with E-state index in [1.807, 2.05) is 48.2 Å². The van der Waals surface area contributed by atoms with Crippen molar-refractivity contribution in [1.82, 2.24) is 4.90 Å². The maximum absolute atomic E-state index is 12.8. The second-order valence-corrected chi connectivity index (χ2v) is 7.76. The monoisotopic (exact) mass is 352 g/mol. The van der Waals surface area contributed by atoms with Gasteiger partial charge in [-0.15, -0.1) is 0 Å². The van der Waals surface area contributed by atoms with Crippen molar-refractivity contribution in [3.8, 4) is 0 Å². The molecule has 0 radical (unpaired) electrons. The van der Waals surface area contributed by atoms with Crippen molar-refractivity contribution in [3.63, 3.8) is 0 Å². The number of hydrogen-bond donors (Lipinski definition) is 2. The molecular weight excluding hydrogens is 328 g/mol. The summed E-state index contributed by atoms with van der Waals surface area (Å²) in [6.07, 6.45) is 4.98. The van der Waals surface area contributed by atoms with E-state index in [-0.39, 0.29) is 17.2 Å². The lowest BCUT2D eigenvalue weighted by atomic mass is 9.86. The summed E-state index contributed by atoms with van der Waals surface area (Å²) in [5.41, 5.74) is 0.480. The Morgan fingerprint density at radius 1 is 1.27 bits per heavy atom. The number of allylic oxidation sites excluding steroid dienone is 1. The molecule has 0 bridgehead atoms. The molecular formula is C21H24N2O3. The number of hydrogen-bond acceptors (Lipinski definition) is 4. The summed E-state index contributed by atoms with van der Waals surface area (Å²) >= 11 is 0. The number of rotatable bonds is 3. The smallest absolute Gasteiger partial charge is 0.342 e. The molecule has 0 fully saturated rings. The van der Waals surface area contributed by atoms with E-state index in [1.165, 1.54) is 0 Å². The second kappa shape index (κ2) is 6.16. The minimum absolute atomic E-state index is 0.0629. The molecule has 0 aromatic heterocycles. The molecule has 1 atom stereocenters. The van der Waals surface area contributed by atoms with Gasteiger partial charge in [0.15, 0.2) is 0 Å². The highest BCUT2D eigenvalue weighted by molar-refractivity contribution is 6.21. The van der Waals surface area contributed by atoms with E-state index in [2.05, 4.69) is 0 Å². The predicted octanol–water partition coefficient (Wildman–Crippen LogP) is 3.89. The summed E-state index contributed by atoms with van der Waals surface area (Å²) in [5.74, 6) is -0.372. The van der Waals surface area contributed by atoms with E-state index in [1.54, 1.807) is 32.9 Å². The van der Waals surface area contributed by atoms with Gasteiger partial charge < -0.3 is 14.7 Å². The van der Waals surface area contributed by atoms with Crippen molar-refractivity contribution in [1.29, 1.82) is 5.41 Å². The molecule has 1 unspecified atom stereocenters. The predicted molar refractivity (Wildman–Crippen MR) is 101 cm³/mol. The molecule has 0 saturated carbocycles. The minimum atomic E-state index is -0.689. The number of carbonyl (C=O) groups is 1. The van der Waals surface area contributed by atoms with E-state index in [4.69, 9.17) is 10.1 Å². The van der Waals surface area contributed by atoms with Gasteiger partial charge in [0.25, 0.3) is 0 Å². The Morgan fingerprint density at radius 3 is 2.54 bits per heavy atom. The van der Waals surface area contributed by atoms with Gasteiger partial charge in [0.05, 0.1) is 5.54 Å². The van der Waals surface area contributed by atoms with Crippen LogP contribution in [0.2, 0.25) is 0 Å². The largest absolute Gasteiger partial charge is 0.508 e. The molecule has 1 aromatic carbocycles. The number of nitrogens with one attached hydrogen (secondary N) is 1. The van der Waals surface area contributed by atoms with Crippen LogP contribution in [0.15, 0.2) is 65.5 Å². The molecule has 2 aliphatic rings. The van der Waals surface area contributed by atoms with Gasteiger partial charge in [-0.2, -0.15) is 0 Å². The molecule has 1 aliphatic carbocycles. The molecule has 0 spiro atoms. The van der Waals surface area contributed by atoms with Crippen molar-refractivity contribution >= 4 is 11.8 Å². The lowest BCUT2D eigenvalue weighted by Gasteiger charge is -2.37. The summed E-state index contributed by atoms with van der Waals surface area (Å²) in [6, 6.07) is 9.81. The highest BCUT2D eigenvalue weighted by Crippen LogP contribution is 2.42. The molecule has 5 nitrogen and oxygen atoms in total. The zero-order valence-corrected chi connectivity index (χ0v) is 15.5. The van der Waals surface area contributed by atoms with Gasteiger partial charge in [-0.25, -0.2) is 4.79 Å². The van der Waals surface area contributed by atoms with Crippen LogP contribution in [0.4, 0.5) is 0 Å². The lowest BCUT2D eigenvalue weighted by molar-refractivity contribution is -0.149. The van der Waals surface area contributed by atoms with Crippen molar-refractivity contribution in [2.45, 2.75) is 45.4 Å². The van der Waals surface area contributed by atoms with Crippen LogP contribution in [0.5, 0.6) is 0 Å². The van der Waals surface area contributed by atoms with Crippen LogP contribution in [-0.2, 0) is 16.1 Å². The Labute approximate surface area is 153 Å². The number of esters is 1. The molecule has 1 heterocycles. The fraction of sp³-hybridized carbons (Fsp3) is 0.333. The summed E-state index contributed by atoms with van der Waals surface area (Å²) in [6.45, 7) is 7.80. The first-order valence-corrected chi connectivity index (χ1v) is 8.60. The summed E-state index contributed by atoms with van der Waals surface area (Å²) in [4.78, 5) is 14.6. The van der Waals surface area contributed by atoms with E-state index in [0.29, 0.717) is 12.1 Å². The minimum Gasteiger partial charge on any atom is -0.508 e. The van der Waals surface area contributed by atoms with Crippen molar-refractivity contribution in [2.75, 3.05) is 0 Å². The van der Waals surface area contributed by atoms with Gasteiger partial charge in [0.1, 0.15) is 22.8 Å². The first-order valence-electron chi connectivity index (χ1n) is 8.60. The lowest BCUT2D eigenvalue weighted by Crippen LogP contribution is -2.44. The van der Waals surface area contributed by atoms with Crippen LogP contribution in [0, 0.1) is 5.41 Å². The molecule has 5 heteroatoms. The fourth-order valence-corrected chi connectivity index (χ4v) is 3.28. The van der Waals surface area contributed by atoms with E-state index in [9.17, 15) is 9.90 Å². The molecule has 136 valence electrons. The van der Waals surface area contributed by atoms with Crippen LogP contribution < -0.4 is 0 Å². The zero-order chi connectivity index (χ0) is 19.1. The Morgan fingerprint density at radius 2 is 1.92 bits per heavy atom. The maximum atomic E-state index is 12.8. The van der Waals surface area contributed by atoms with Gasteiger partial charge in [0.2, 0.25) is 0 Å². The molecule has 2 N–H and O–H groups in total. The van der Waals surface area contributed by atoms with Gasteiger partial charge >= 0.3 is 5.97 Å². The highest BCUT2D eigenvalue weighted by atomic mass is 16.6. The molecule has 3 rings (SSSR count). The normalized spacial score (nSPS) is 22.4. The fourth-order valence-electron chi connectivity index (χ4n) is 3.28.